The van der Waals surface area contributed by atoms with Crippen molar-refractivity contribution in [2.24, 2.45) is 0 Å². The largest absolute Gasteiger partial charge is 0.494 e. The average molecular weight is 320 g/mol. The maximum atomic E-state index is 11.9. The summed E-state index contributed by atoms with van der Waals surface area (Å²) in [5, 5.41) is 17.2. The van der Waals surface area contributed by atoms with Gasteiger partial charge in [0, 0.05) is 19.3 Å². The first-order valence-electron chi connectivity index (χ1n) is 7.08. The van der Waals surface area contributed by atoms with Gasteiger partial charge in [-0.2, -0.15) is 4.68 Å². The molecule has 9 nitrogen and oxygen atoms in total. The lowest BCUT2D eigenvalue weighted by Gasteiger charge is -2.12. The van der Waals surface area contributed by atoms with Crippen molar-refractivity contribution in [1.29, 1.82) is 0 Å². The van der Waals surface area contributed by atoms with Gasteiger partial charge in [0.15, 0.2) is 5.82 Å². The Morgan fingerprint density at radius 2 is 2.17 bits per heavy atom. The van der Waals surface area contributed by atoms with Gasteiger partial charge in [-0.05, 0) is 35.5 Å². The van der Waals surface area contributed by atoms with Crippen molar-refractivity contribution >= 4 is 11.6 Å². The SMILES string of the molecule is COCCNCC(=O)Nc1ccc(OC)c(-n2nnnc2C)c1. The predicted molar refractivity (Wildman–Crippen MR) is 83.8 cm³/mol. The minimum atomic E-state index is -0.148. The number of carbonyl (C=O) groups excluding carboxylic acids is 1. The number of tetrazole rings is 1. The first-order chi connectivity index (χ1) is 11.2. The van der Waals surface area contributed by atoms with Crippen LogP contribution in [0.2, 0.25) is 0 Å². The fourth-order valence-electron chi connectivity index (χ4n) is 1.97. The molecule has 1 aromatic heterocycles. The number of hydrogen-bond donors (Lipinski definition) is 2. The molecule has 0 bridgehead atoms. The van der Waals surface area contributed by atoms with Crippen LogP contribution in [0.15, 0.2) is 18.2 Å². The van der Waals surface area contributed by atoms with E-state index in [9.17, 15) is 4.79 Å². The number of hydrogen-bond acceptors (Lipinski definition) is 7. The normalized spacial score (nSPS) is 10.6. The summed E-state index contributed by atoms with van der Waals surface area (Å²) in [6, 6.07) is 5.27. The van der Waals surface area contributed by atoms with Crippen molar-refractivity contribution < 1.29 is 14.3 Å². The molecule has 1 amide bonds. The number of carbonyl (C=O) groups is 1. The lowest BCUT2D eigenvalue weighted by atomic mass is 10.2. The summed E-state index contributed by atoms with van der Waals surface area (Å²) in [7, 11) is 3.18. The zero-order valence-corrected chi connectivity index (χ0v) is 13.4. The molecule has 0 aliphatic carbocycles. The lowest BCUT2D eigenvalue weighted by molar-refractivity contribution is -0.115. The minimum absolute atomic E-state index is 0.148. The molecule has 1 heterocycles. The van der Waals surface area contributed by atoms with Crippen LogP contribution >= 0.6 is 0 Å². The highest BCUT2D eigenvalue weighted by atomic mass is 16.5. The second-order valence-corrected chi connectivity index (χ2v) is 4.74. The minimum Gasteiger partial charge on any atom is -0.494 e. The maximum Gasteiger partial charge on any atom is 0.238 e. The van der Waals surface area contributed by atoms with Gasteiger partial charge in [0.1, 0.15) is 11.4 Å². The number of aromatic nitrogens is 4. The molecule has 0 aliphatic heterocycles. The fourth-order valence-corrected chi connectivity index (χ4v) is 1.97. The molecule has 0 radical (unpaired) electrons. The van der Waals surface area contributed by atoms with Crippen LogP contribution in [0, 0.1) is 6.92 Å². The van der Waals surface area contributed by atoms with E-state index >= 15 is 0 Å². The summed E-state index contributed by atoms with van der Waals surface area (Å²) in [5.74, 6) is 1.08. The van der Waals surface area contributed by atoms with E-state index in [1.807, 2.05) is 0 Å². The molecule has 0 aliphatic rings. The van der Waals surface area contributed by atoms with Gasteiger partial charge < -0.3 is 20.1 Å². The first kappa shape index (κ1) is 16.8. The Balaban J connectivity index is 2.09. The summed E-state index contributed by atoms with van der Waals surface area (Å²) in [6.45, 7) is 3.15. The van der Waals surface area contributed by atoms with E-state index in [4.69, 9.17) is 9.47 Å². The Morgan fingerprint density at radius 3 is 2.83 bits per heavy atom. The Morgan fingerprint density at radius 1 is 1.35 bits per heavy atom. The lowest BCUT2D eigenvalue weighted by Crippen LogP contribution is -2.30. The predicted octanol–water partition coefficient (Wildman–Crippen LogP) is 0.154. The molecule has 2 N–H and O–H groups in total. The third-order valence-corrected chi connectivity index (χ3v) is 3.08. The number of nitrogens with zero attached hydrogens (tertiary/aromatic N) is 4. The summed E-state index contributed by atoms with van der Waals surface area (Å²) in [6.07, 6.45) is 0. The highest BCUT2D eigenvalue weighted by Crippen LogP contribution is 2.26. The highest BCUT2D eigenvalue weighted by molar-refractivity contribution is 5.92. The molecule has 124 valence electrons. The molecule has 0 atom stereocenters. The zero-order valence-electron chi connectivity index (χ0n) is 13.4. The monoisotopic (exact) mass is 320 g/mol. The van der Waals surface area contributed by atoms with E-state index < -0.39 is 0 Å². The Labute approximate surface area is 134 Å². The van der Waals surface area contributed by atoms with Crippen LogP contribution in [0.1, 0.15) is 5.82 Å². The summed E-state index contributed by atoms with van der Waals surface area (Å²) < 4.78 is 11.8. The summed E-state index contributed by atoms with van der Waals surface area (Å²) >= 11 is 0. The van der Waals surface area contributed by atoms with Crippen molar-refractivity contribution in [3.05, 3.63) is 24.0 Å². The molecule has 23 heavy (non-hydrogen) atoms. The third-order valence-electron chi connectivity index (χ3n) is 3.08. The molecule has 0 spiro atoms. The number of aryl methyl sites for hydroxylation is 1. The zero-order chi connectivity index (χ0) is 16.7. The van der Waals surface area contributed by atoms with Crippen molar-refractivity contribution in [1.82, 2.24) is 25.5 Å². The topological polar surface area (TPSA) is 103 Å². The highest BCUT2D eigenvalue weighted by Gasteiger charge is 2.12. The van der Waals surface area contributed by atoms with E-state index in [0.29, 0.717) is 36.1 Å². The van der Waals surface area contributed by atoms with Crippen LogP contribution in [0.4, 0.5) is 5.69 Å². The number of nitrogens with one attached hydrogen (secondary N) is 2. The van der Waals surface area contributed by atoms with E-state index in [2.05, 4.69) is 26.2 Å². The molecule has 9 heteroatoms. The molecule has 2 aromatic rings. The number of anilines is 1. The fraction of sp³-hybridized carbons (Fsp3) is 0.429. The van der Waals surface area contributed by atoms with Crippen LogP contribution < -0.4 is 15.4 Å². The van der Waals surface area contributed by atoms with Crippen molar-refractivity contribution in [3.8, 4) is 11.4 Å². The molecule has 1 aromatic carbocycles. The first-order valence-corrected chi connectivity index (χ1v) is 7.08. The van der Waals surface area contributed by atoms with Gasteiger partial charge >= 0.3 is 0 Å². The van der Waals surface area contributed by atoms with Gasteiger partial charge in [0.2, 0.25) is 5.91 Å². The van der Waals surface area contributed by atoms with Gasteiger partial charge in [0.05, 0.1) is 20.3 Å². The van der Waals surface area contributed by atoms with E-state index in [1.165, 1.54) is 0 Å². The number of rotatable bonds is 8. The van der Waals surface area contributed by atoms with Crippen molar-refractivity contribution in [3.63, 3.8) is 0 Å². The van der Waals surface area contributed by atoms with E-state index in [0.717, 1.165) is 0 Å². The Hall–Kier alpha value is -2.52. The van der Waals surface area contributed by atoms with Crippen LogP contribution in [0.3, 0.4) is 0 Å². The number of amides is 1. The quantitative estimate of drug-likeness (QED) is 0.667. The van der Waals surface area contributed by atoms with Crippen LogP contribution in [-0.2, 0) is 9.53 Å². The summed E-state index contributed by atoms with van der Waals surface area (Å²) in [4.78, 5) is 11.9. The maximum absolute atomic E-state index is 11.9. The average Bonchev–Trinajstić information content (AvgIpc) is 2.97. The molecule has 0 unspecified atom stereocenters. The number of ether oxygens (including phenoxy) is 2. The number of benzene rings is 1. The molecule has 2 rings (SSSR count). The molecule has 0 saturated heterocycles. The Kier molecular flexibility index (Phi) is 6.01. The van der Waals surface area contributed by atoms with E-state index in [1.54, 1.807) is 44.0 Å². The van der Waals surface area contributed by atoms with Crippen LogP contribution in [0.5, 0.6) is 5.75 Å². The van der Waals surface area contributed by atoms with Gasteiger partial charge in [0.25, 0.3) is 0 Å². The number of methoxy groups -OCH3 is 2. The second kappa shape index (κ2) is 8.20. The third kappa shape index (κ3) is 4.47. The molecule has 0 saturated carbocycles. The van der Waals surface area contributed by atoms with Crippen molar-refractivity contribution in [2.75, 3.05) is 39.2 Å². The summed E-state index contributed by atoms with van der Waals surface area (Å²) in [5.41, 5.74) is 1.29. The van der Waals surface area contributed by atoms with Gasteiger partial charge in [-0.15, -0.1) is 5.10 Å². The van der Waals surface area contributed by atoms with Gasteiger partial charge in [-0.25, -0.2) is 0 Å². The molecular formula is C14H20N6O3. The van der Waals surface area contributed by atoms with Crippen molar-refractivity contribution in [2.45, 2.75) is 6.92 Å². The Bertz CT molecular complexity index is 658. The van der Waals surface area contributed by atoms with Gasteiger partial charge in [-0.1, -0.05) is 0 Å². The smallest absolute Gasteiger partial charge is 0.238 e. The molecular weight excluding hydrogens is 300 g/mol. The second-order valence-electron chi connectivity index (χ2n) is 4.74. The van der Waals surface area contributed by atoms with E-state index in [-0.39, 0.29) is 12.5 Å². The standard InChI is InChI=1S/C14H20N6O3/c1-10-17-18-19-20(10)12-8-11(4-5-13(12)23-3)16-14(21)9-15-6-7-22-2/h4-5,8,15H,6-7,9H2,1-3H3,(H,16,21). The molecule has 0 fully saturated rings. The van der Waals surface area contributed by atoms with Crippen LogP contribution in [-0.4, -0.2) is 60.0 Å². The van der Waals surface area contributed by atoms with Gasteiger partial charge in [-0.3, -0.25) is 4.79 Å². The van der Waals surface area contributed by atoms with Crippen LogP contribution in [0.25, 0.3) is 5.69 Å².